The molecule has 0 spiro atoms. The smallest absolute Gasteiger partial charge is 0.341 e. The Morgan fingerprint density at radius 3 is 2.84 bits per heavy atom. The Balaban J connectivity index is 0.00000225. The Kier molecular flexibility index (Phi) is 5.54. The van der Waals surface area contributed by atoms with Crippen LogP contribution >= 0.6 is 12.4 Å². The van der Waals surface area contributed by atoms with Gasteiger partial charge in [0.05, 0.1) is 16.9 Å². The molecule has 3 rings (SSSR count). The number of ether oxygens (including phenoxy) is 1. The molecule has 9 heteroatoms. The lowest BCUT2D eigenvalue weighted by Gasteiger charge is -2.28. The number of carbonyl (C=O) groups is 1. The number of aromatic carboxylic acids is 1. The van der Waals surface area contributed by atoms with Crippen LogP contribution in [0.1, 0.15) is 23.3 Å². The van der Waals surface area contributed by atoms with Crippen molar-refractivity contribution in [2.24, 2.45) is 0 Å². The summed E-state index contributed by atoms with van der Waals surface area (Å²) in [5.74, 6) is -1.73. The van der Waals surface area contributed by atoms with E-state index in [1.165, 1.54) is 6.20 Å². The predicted molar refractivity (Wildman–Crippen MR) is 95.0 cm³/mol. The number of carboxylic acids is 1. The zero-order valence-electron chi connectivity index (χ0n) is 13.8. The van der Waals surface area contributed by atoms with Crippen molar-refractivity contribution in [3.63, 3.8) is 0 Å². The quantitative estimate of drug-likeness (QED) is 0.695. The number of hydrogen-bond acceptors (Lipinski definition) is 5. The fraction of sp³-hybridized carbons (Fsp3) is 0.375. The van der Waals surface area contributed by atoms with E-state index in [4.69, 9.17) is 4.74 Å². The Hall–Kier alpha value is -2.32. The molecule has 1 aliphatic rings. The van der Waals surface area contributed by atoms with Crippen molar-refractivity contribution in [2.45, 2.75) is 13.0 Å². The lowest BCUT2D eigenvalue weighted by molar-refractivity contribution is 0.0694. The van der Waals surface area contributed by atoms with Gasteiger partial charge in [-0.25, -0.2) is 9.18 Å². The third kappa shape index (κ3) is 3.14. The third-order valence-electron chi connectivity index (χ3n) is 4.07. The van der Waals surface area contributed by atoms with Crippen molar-refractivity contribution in [1.29, 1.82) is 0 Å². The second-order valence-corrected chi connectivity index (χ2v) is 5.73. The lowest BCUT2D eigenvalue weighted by atomic mass is 10.1. The van der Waals surface area contributed by atoms with E-state index in [-0.39, 0.29) is 47.4 Å². The number of anilines is 1. The number of halogens is 2. The minimum absolute atomic E-state index is 0. The number of pyridine rings is 1. The van der Waals surface area contributed by atoms with Crippen molar-refractivity contribution in [3.8, 4) is 5.75 Å². The Labute approximate surface area is 149 Å². The molecule has 0 unspecified atom stereocenters. The van der Waals surface area contributed by atoms with Crippen LogP contribution in [0.25, 0.3) is 10.9 Å². The minimum atomic E-state index is -1.33. The summed E-state index contributed by atoms with van der Waals surface area (Å²) in [5.41, 5.74) is -0.496. The van der Waals surface area contributed by atoms with Gasteiger partial charge in [0.1, 0.15) is 17.9 Å². The monoisotopic (exact) mass is 371 g/mol. The van der Waals surface area contributed by atoms with Crippen LogP contribution in [0, 0.1) is 5.82 Å². The maximum atomic E-state index is 14.5. The first-order valence-electron chi connectivity index (χ1n) is 7.61. The molecule has 1 aliphatic heterocycles. The molecule has 0 amide bonds. The number of likely N-dealkylation sites (N-methyl/N-ethyl adjacent to an activating group) is 1. The normalized spacial score (nSPS) is 15.4. The van der Waals surface area contributed by atoms with Crippen LogP contribution in [0.15, 0.2) is 17.1 Å². The number of nitrogens with one attached hydrogen (secondary N) is 2. The predicted octanol–water partition coefficient (Wildman–Crippen LogP) is 1.85. The zero-order chi connectivity index (χ0) is 17.4. The summed E-state index contributed by atoms with van der Waals surface area (Å²) in [7, 11) is 1.78. The number of benzene rings is 1. The number of nitrogens with zero attached hydrogens (tertiary/aromatic N) is 1. The van der Waals surface area contributed by atoms with E-state index in [0.29, 0.717) is 18.6 Å². The van der Waals surface area contributed by atoms with Crippen molar-refractivity contribution >= 4 is 35.0 Å². The molecular formula is C16H19ClFN3O4. The SMILES string of the molecule is CNCCNc1c(F)cc2c(=O)c(C(=O)O)cn3c2c1OC[C@@H]3C.Cl. The highest BCUT2D eigenvalue weighted by Gasteiger charge is 2.27. The van der Waals surface area contributed by atoms with E-state index in [0.717, 1.165) is 6.07 Å². The van der Waals surface area contributed by atoms with Gasteiger partial charge in [-0.1, -0.05) is 0 Å². The Morgan fingerprint density at radius 1 is 1.48 bits per heavy atom. The van der Waals surface area contributed by atoms with Gasteiger partial charge in [-0.3, -0.25) is 4.79 Å². The maximum Gasteiger partial charge on any atom is 0.341 e. The molecule has 25 heavy (non-hydrogen) atoms. The number of hydrogen-bond donors (Lipinski definition) is 3. The van der Waals surface area contributed by atoms with Gasteiger partial charge in [0.15, 0.2) is 11.6 Å². The largest absolute Gasteiger partial charge is 0.487 e. The van der Waals surface area contributed by atoms with Gasteiger partial charge in [-0.2, -0.15) is 0 Å². The molecule has 1 atom stereocenters. The standard InChI is InChI=1S/C16H18FN3O4.ClH/c1-8-7-24-15-12(19-4-3-18-2)11(17)5-9-13(15)20(8)6-10(14(9)21)16(22)23;/h5-6,8,18-19H,3-4,7H2,1-2H3,(H,22,23);1H/t8-;/m0./s1. The highest BCUT2D eigenvalue weighted by molar-refractivity contribution is 5.97. The summed E-state index contributed by atoms with van der Waals surface area (Å²) in [6.07, 6.45) is 1.30. The molecule has 0 fully saturated rings. The zero-order valence-corrected chi connectivity index (χ0v) is 14.6. The second-order valence-electron chi connectivity index (χ2n) is 5.73. The Bertz CT molecular complexity index is 884. The minimum Gasteiger partial charge on any atom is -0.487 e. The van der Waals surface area contributed by atoms with Crippen LogP contribution in [-0.4, -0.2) is 42.4 Å². The van der Waals surface area contributed by atoms with Gasteiger partial charge in [-0.05, 0) is 20.0 Å². The van der Waals surface area contributed by atoms with Gasteiger partial charge < -0.3 is 25.0 Å². The summed E-state index contributed by atoms with van der Waals surface area (Å²) in [5, 5.41) is 15.1. The molecule has 7 nitrogen and oxygen atoms in total. The van der Waals surface area contributed by atoms with E-state index < -0.39 is 17.2 Å². The molecule has 1 aromatic carbocycles. The molecule has 2 aromatic rings. The molecule has 0 aliphatic carbocycles. The van der Waals surface area contributed by atoms with E-state index in [2.05, 4.69) is 10.6 Å². The first-order chi connectivity index (χ1) is 11.5. The van der Waals surface area contributed by atoms with Gasteiger partial charge in [0, 0.05) is 19.3 Å². The number of aromatic nitrogens is 1. The molecule has 2 heterocycles. The van der Waals surface area contributed by atoms with Crippen molar-refractivity contribution in [2.75, 3.05) is 32.1 Å². The molecular weight excluding hydrogens is 353 g/mol. The van der Waals surface area contributed by atoms with Gasteiger partial charge in [-0.15, -0.1) is 12.4 Å². The number of rotatable bonds is 5. The molecule has 0 saturated carbocycles. The summed E-state index contributed by atoms with van der Waals surface area (Å²) < 4.78 is 21.8. The summed E-state index contributed by atoms with van der Waals surface area (Å²) in [4.78, 5) is 23.7. The summed E-state index contributed by atoms with van der Waals surface area (Å²) in [6, 6.07) is 0.905. The Morgan fingerprint density at radius 2 is 2.20 bits per heavy atom. The average molecular weight is 372 g/mol. The van der Waals surface area contributed by atoms with Crippen molar-refractivity contribution in [1.82, 2.24) is 9.88 Å². The highest BCUT2D eigenvalue weighted by Crippen LogP contribution is 2.39. The van der Waals surface area contributed by atoms with E-state index in [1.54, 1.807) is 11.6 Å². The van der Waals surface area contributed by atoms with Gasteiger partial charge >= 0.3 is 5.97 Å². The molecule has 1 aromatic heterocycles. The molecule has 0 saturated heterocycles. The molecule has 3 N–H and O–H groups in total. The van der Waals surface area contributed by atoms with Crippen LogP contribution in [0.2, 0.25) is 0 Å². The fourth-order valence-corrected chi connectivity index (χ4v) is 2.86. The van der Waals surface area contributed by atoms with E-state index in [1.807, 2.05) is 6.92 Å². The molecule has 136 valence electrons. The first kappa shape index (κ1) is 19.0. The van der Waals surface area contributed by atoms with Gasteiger partial charge in [0.25, 0.3) is 0 Å². The first-order valence-corrected chi connectivity index (χ1v) is 7.61. The maximum absolute atomic E-state index is 14.5. The van der Waals surface area contributed by atoms with Crippen molar-refractivity contribution < 1.29 is 19.0 Å². The molecule has 0 bridgehead atoms. The van der Waals surface area contributed by atoms with Crippen LogP contribution in [0.3, 0.4) is 0 Å². The van der Waals surface area contributed by atoms with E-state index in [9.17, 15) is 19.1 Å². The van der Waals surface area contributed by atoms with Crippen LogP contribution < -0.4 is 20.8 Å². The fourth-order valence-electron chi connectivity index (χ4n) is 2.86. The summed E-state index contributed by atoms with van der Waals surface area (Å²) in [6.45, 7) is 3.20. The number of carboxylic acid groups (broad SMARTS) is 1. The van der Waals surface area contributed by atoms with E-state index >= 15 is 0 Å². The average Bonchev–Trinajstić information content (AvgIpc) is 2.54. The molecule has 0 radical (unpaired) electrons. The lowest BCUT2D eigenvalue weighted by Crippen LogP contribution is -2.27. The van der Waals surface area contributed by atoms with Crippen LogP contribution in [0.5, 0.6) is 5.75 Å². The van der Waals surface area contributed by atoms with Crippen LogP contribution in [0.4, 0.5) is 10.1 Å². The van der Waals surface area contributed by atoms with Crippen LogP contribution in [-0.2, 0) is 0 Å². The van der Waals surface area contributed by atoms with Crippen molar-refractivity contribution in [3.05, 3.63) is 33.9 Å². The van der Waals surface area contributed by atoms with Gasteiger partial charge in [0.2, 0.25) is 5.43 Å². The highest BCUT2D eigenvalue weighted by atomic mass is 35.5. The second kappa shape index (κ2) is 7.28. The third-order valence-corrected chi connectivity index (χ3v) is 4.07. The topological polar surface area (TPSA) is 92.6 Å². The summed E-state index contributed by atoms with van der Waals surface area (Å²) >= 11 is 0.